The summed E-state index contributed by atoms with van der Waals surface area (Å²) in [6.07, 6.45) is 0. The second kappa shape index (κ2) is 6.55. The molecular weight excluding hydrogens is 292 g/mol. The SMILES string of the molecule is CC(C)C(=O)Nc1cccc(S(=O)(=O)N2CCOCC2)c1. The van der Waals surface area contributed by atoms with Gasteiger partial charge in [0.05, 0.1) is 18.1 Å². The first kappa shape index (κ1) is 15.9. The summed E-state index contributed by atoms with van der Waals surface area (Å²) in [7, 11) is -3.54. The molecule has 116 valence electrons. The first-order valence-electron chi connectivity index (χ1n) is 6.90. The minimum absolute atomic E-state index is 0.143. The number of nitrogens with one attached hydrogen (secondary N) is 1. The highest BCUT2D eigenvalue weighted by Crippen LogP contribution is 2.20. The number of carbonyl (C=O) groups excluding carboxylic acids is 1. The molecule has 0 bridgehead atoms. The van der Waals surface area contributed by atoms with Gasteiger partial charge in [0.2, 0.25) is 15.9 Å². The van der Waals surface area contributed by atoms with Gasteiger partial charge in [-0.25, -0.2) is 8.42 Å². The van der Waals surface area contributed by atoms with Crippen LogP contribution in [0.1, 0.15) is 13.8 Å². The van der Waals surface area contributed by atoms with E-state index in [0.717, 1.165) is 0 Å². The quantitative estimate of drug-likeness (QED) is 0.909. The molecule has 1 heterocycles. The van der Waals surface area contributed by atoms with Crippen molar-refractivity contribution in [2.24, 2.45) is 5.92 Å². The van der Waals surface area contributed by atoms with E-state index in [1.165, 1.54) is 16.4 Å². The number of sulfonamides is 1. The highest BCUT2D eigenvalue weighted by atomic mass is 32.2. The number of benzene rings is 1. The number of nitrogens with zero attached hydrogens (tertiary/aromatic N) is 1. The zero-order valence-corrected chi connectivity index (χ0v) is 13.0. The molecule has 1 amide bonds. The van der Waals surface area contributed by atoms with Crippen molar-refractivity contribution in [3.63, 3.8) is 0 Å². The van der Waals surface area contributed by atoms with Gasteiger partial charge in [-0.05, 0) is 18.2 Å². The standard InChI is InChI=1S/C14H20N2O4S/c1-11(2)14(17)15-12-4-3-5-13(10-12)21(18,19)16-6-8-20-9-7-16/h3-5,10-11H,6-9H2,1-2H3,(H,15,17). The fraction of sp³-hybridized carbons (Fsp3) is 0.500. The van der Waals surface area contributed by atoms with E-state index in [-0.39, 0.29) is 16.7 Å². The summed E-state index contributed by atoms with van der Waals surface area (Å²) in [6.45, 7) is 5.08. The number of morpholine rings is 1. The molecule has 7 heteroatoms. The third kappa shape index (κ3) is 3.81. The van der Waals surface area contributed by atoms with Crippen LogP contribution in [0.5, 0.6) is 0 Å². The van der Waals surface area contributed by atoms with Gasteiger partial charge in [0, 0.05) is 24.7 Å². The van der Waals surface area contributed by atoms with Crippen molar-refractivity contribution in [1.29, 1.82) is 0 Å². The number of carbonyl (C=O) groups is 1. The van der Waals surface area contributed by atoms with Gasteiger partial charge in [-0.1, -0.05) is 19.9 Å². The van der Waals surface area contributed by atoms with Gasteiger partial charge in [-0.3, -0.25) is 4.79 Å². The molecule has 1 aliphatic heterocycles. The average Bonchev–Trinajstić information content (AvgIpc) is 2.48. The fourth-order valence-electron chi connectivity index (χ4n) is 1.96. The van der Waals surface area contributed by atoms with E-state index in [1.807, 2.05) is 0 Å². The van der Waals surface area contributed by atoms with E-state index >= 15 is 0 Å². The normalized spacial score (nSPS) is 16.9. The summed E-state index contributed by atoms with van der Waals surface area (Å²) in [6, 6.07) is 6.34. The van der Waals surface area contributed by atoms with Gasteiger partial charge in [0.15, 0.2) is 0 Å². The average molecular weight is 312 g/mol. The van der Waals surface area contributed by atoms with Crippen LogP contribution in [0.4, 0.5) is 5.69 Å². The largest absolute Gasteiger partial charge is 0.379 e. The maximum Gasteiger partial charge on any atom is 0.243 e. The molecule has 0 aromatic heterocycles. The van der Waals surface area contributed by atoms with Crippen LogP contribution in [0, 0.1) is 5.92 Å². The molecule has 2 rings (SSSR count). The molecule has 0 saturated carbocycles. The molecular formula is C14H20N2O4S. The van der Waals surface area contributed by atoms with E-state index < -0.39 is 10.0 Å². The molecule has 1 aromatic rings. The summed E-state index contributed by atoms with van der Waals surface area (Å²) in [5, 5.41) is 2.71. The van der Waals surface area contributed by atoms with Crippen LogP contribution in [-0.4, -0.2) is 44.9 Å². The number of amides is 1. The molecule has 1 N–H and O–H groups in total. The molecule has 21 heavy (non-hydrogen) atoms. The summed E-state index contributed by atoms with van der Waals surface area (Å²) >= 11 is 0. The van der Waals surface area contributed by atoms with Gasteiger partial charge < -0.3 is 10.1 Å². The molecule has 1 fully saturated rings. The Kier molecular flexibility index (Phi) is 4.97. The summed E-state index contributed by atoms with van der Waals surface area (Å²) in [4.78, 5) is 11.9. The molecule has 0 unspecified atom stereocenters. The Labute approximate surface area is 125 Å². The van der Waals surface area contributed by atoms with Crippen LogP contribution in [0.2, 0.25) is 0 Å². The number of hydrogen-bond acceptors (Lipinski definition) is 4. The smallest absolute Gasteiger partial charge is 0.243 e. The van der Waals surface area contributed by atoms with E-state index in [2.05, 4.69) is 5.32 Å². The lowest BCUT2D eigenvalue weighted by molar-refractivity contribution is -0.118. The maximum absolute atomic E-state index is 12.5. The summed E-state index contributed by atoms with van der Waals surface area (Å²) in [5.74, 6) is -0.305. The monoisotopic (exact) mass is 312 g/mol. The lowest BCUT2D eigenvalue weighted by Gasteiger charge is -2.26. The van der Waals surface area contributed by atoms with Crippen molar-refractivity contribution < 1.29 is 17.9 Å². The highest BCUT2D eigenvalue weighted by Gasteiger charge is 2.26. The van der Waals surface area contributed by atoms with Crippen molar-refractivity contribution in [2.75, 3.05) is 31.6 Å². The van der Waals surface area contributed by atoms with E-state index in [0.29, 0.717) is 32.0 Å². The minimum atomic E-state index is -3.54. The van der Waals surface area contributed by atoms with Gasteiger partial charge >= 0.3 is 0 Å². The van der Waals surface area contributed by atoms with Crippen LogP contribution < -0.4 is 5.32 Å². The van der Waals surface area contributed by atoms with Crippen LogP contribution >= 0.6 is 0 Å². The number of anilines is 1. The number of ether oxygens (including phenoxy) is 1. The minimum Gasteiger partial charge on any atom is -0.379 e. The molecule has 0 atom stereocenters. The predicted molar refractivity (Wildman–Crippen MR) is 79.5 cm³/mol. The zero-order valence-electron chi connectivity index (χ0n) is 12.2. The summed E-state index contributed by atoms with van der Waals surface area (Å²) in [5.41, 5.74) is 0.489. The molecule has 0 aliphatic carbocycles. The maximum atomic E-state index is 12.5. The number of rotatable bonds is 4. The van der Waals surface area contributed by atoms with E-state index in [1.54, 1.807) is 26.0 Å². The van der Waals surface area contributed by atoms with Gasteiger partial charge in [0.1, 0.15) is 0 Å². The first-order valence-corrected chi connectivity index (χ1v) is 8.34. The molecule has 1 aromatic carbocycles. The van der Waals surface area contributed by atoms with Crippen molar-refractivity contribution in [1.82, 2.24) is 4.31 Å². The van der Waals surface area contributed by atoms with Crippen LogP contribution in [0.15, 0.2) is 29.2 Å². The second-order valence-corrected chi connectivity index (χ2v) is 7.13. The second-order valence-electron chi connectivity index (χ2n) is 5.19. The Bertz CT molecular complexity index is 607. The Morgan fingerprint density at radius 1 is 1.29 bits per heavy atom. The predicted octanol–water partition coefficient (Wildman–Crippen LogP) is 1.30. The topological polar surface area (TPSA) is 75.7 Å². The van der Waals surface area contributed by atoms with Crippen molar-refractivity contribution in [3.05, 3.63) is 24.3 Å². The highest BCUT2D eigenvalue weighted by molar-refractivity contribution is 7.89. The van der Waals surface area contributed by atoms with Gasteiger partial charge in [-0.15, -0.1) is 0 Å². The summed E-state index contributed by atoms with van der Waals surface area (Å²) < 4.78 is 31.6. The molecule has 0 spiro atoms. The molecule has 1 aliphatic rings. The number of hydrogen-bond donors (Lipinski definition) is 1. The van der Waals surface area contributed by atoms with Crippen LogP contribution in [-0.2, 0) is 19.6 Å². The Balaban J connectivity index is 2.21. The van der Waals surface area contributed by atoms with Crippen LogP contribution in [0.3, 0.4) is 0 Å². The Morgan fingerprint density at radius 3 is 2.57 bits per heavy atom. The lowest BCUT2D eigenvalue weighted by Crippen LogP contribution is -2.40. The van der Waals surface area contributed by atoms with Crippen LogP contribution in [0.25, 0.3) is 0 Å². The van der Waals surface area contributed by atoms with E-state index in [4.69, 9.17) is 4.74 Å². The van der Waals surface area contributed by atoms with Crippen molar-refractivity contribution >= 4 is 21.6 Å². The molecule has 0 radical (unpaired) electrons. The fourth-order valence-corrected chi connectivity index (χ4v) is 3.41. The zero-order chi connectivity index (χ0) is 15.5. The third-order valence-electron chi connectivity index (χ3n) is 3.23. The lowest BCUT2D eigenvalue weighted by atomic mass is 10.2. The Hall–Kier alpha value is -1.44. The van der Waals surface area contributed by atoms with Gasteiger partial charge in [0.25, 0.3) is 0 Å². The first-order chi connectivity index (χ1) is 9.91. The van der Waals surface area contributed by atoms with Crippen molar-refractivity contribution in [2.45, 2.75) is 18.7 Å². The Morgan fingerprint density at radius 2 is 1.95 bits per heavy atom. The van der Waals surface area contributed by atoms with Gasteiger partial charge in [-0.2, -0.15) is 4.31 Å². The molecule has 1 saturated heterocycles. The third-order valence-corrected chi connectivity index (χ3v) is 5.13. The molecule has 6 nitrogen and oxygen atoms in total. The van der Waals surface area contributed by atoms with E-state index in [9.17, 15) is 13.2 Å². The van der Waals surface area contributed by atoms with Crippen molar-refractivity contribution in [3.8, 4) is 0 Å².